The standard InChI is InChI=1S/C25H25NO5/c1-4-31-24(28)15-26-21-12-9-16-7-5-6-8-18(16)25(21)20(14-23(26)27)19-11-10-17(29-2)13-22(19)30-3/h5-13,20H,4,14-15H2,1-3H3. The third-order valence-corrected chi connectivity index (χ3v) is 5.68. The number of fused-ring (bicyclic) bond motifs is 3. The fourth-order valence-corrected chi connectivity index (χ4v) is 4.29. The molecular formula is C25H25NO5. The second-order valence-corrected chi connectivity index (χ2v) is 7.37. The van der Waals surface area contributed by atoms with Crippen molar-refractivity contribution in [1.82, 2.24) is 0 Å². The quantitative estimate of drug-likeness (QED) is 0.558. The lowest BCUT2D eigenvalue weighted by Gasteiger charge is -2.35. The van der Waals surface area contributed by atoms with Crippen molar-refractivity contribution >= 4 is 28.3 Å². The van der Waals surface area contributed by atoms with Crippen LogP contribution in [0.3, 0.4) is 0 Å². The van der Waals surface area contributed by atoms with Gasteiger partial charge in [-0.1, -0.05) is 36.4 Å². The number of hydrogen-bond acceptors (Lipinski definition) is 5. The zero-order valence-corrected chi connectivity index (χ0v) is 17.9. The highest BCUT2D eigenvalue weighted by molar-refractivity contribution is 6.05. The summed E-state index contributed by atoms with van der Waals surface area (Å²) in [6.07, 6.45) is 0.225. The molecule has 4 rings (SSSR count). The number of carbonyl (C=O) groups excluding carboxylic acids is 2. The lowest BCUT2D eigenvalue weighted by atomic mass is 9.81. The third kappa shape index (κ3) is 3.81. The normalized spacial score (nSPS) is 15.5. The van der Waals surface area contributed by atoms with E-state index in [-0.39, 0.29) is 31.4 Å². The Morgan fingerprint density at radius 1 is 1.06 bits per heavy atom. The Kier molecular flexibility index (Phi) is 5.80. The van der Waals surface area contributed by atoms with E-state index in [1.807, 2.05) is 48.5 Å². The summed E-state index contributed by atoms with van der Waals surface area (Å²) in [5, 5.41) is 2.12. The number of hydrogen-bond donors (Lipinski definition) is 0. The molecule has 0 N–H and O–H groups in total. The number of amides is 1. The molecule has 1 atom stereocenters. The van der Waals surface area contributed by atoms with Crippen LogP contribution in [-0.4, -0.2) is 39.2 Å². The summed E-state index contributed by atoms with van der Waals surface area (Å²) in [6.45, 7) is 1.92. The molecule has 0 spiro atoms. The molecule has 0 bridgehead atoms. The van der Waals surface area contributed by atoms with Gasteiger partial charge in [-0.25, -0.2) is 0 Å². The van der Waals surface area contributed by atoms with Gasteiger partial charge in [0.05, 0.1) is 20.8 Å². The maximum absolute atomic E-state index is 13.2. The molecule has 0 radical (unpaired) electrons. The van der Waals surface area contributed by atoms with Gasteiger partial charge in [0.2, 0.25) is 5.91 Å². The van der Waals surface area contributed by atoms with Gasteiger partial charge in [-0.2, -0.15) is 0 Å². The second kappa shape index (κ2) is 8.68. The number of benzene rings is 3. The Morgan fingerprint density at radius 3 is 2.61 bits per heavy atom. The highest BCUT2D eigenvalue weighted by Crippen LogP contribution is 2.46. The Balaban J connectivity index is 1.90. The van der Waals surface area contributed by atoms with Gasteiger partial charge in [-0.05, 0) is 35.4 Å². The zero-order chi connectivity index (χ0) is 22.0. The first kappa shape index (κ1) is 20.7. The van der Waals surface area contributed by atoms with E-state index in [2.05, 4.69) is 6.07 Å². The number of methoxy groups -OCH3 is 2. The molecule has 160 valence electrons. The van der Waals surface area contributed by atoms with Crippen molar-refractivity contribution in [1.29, 1.82) is 0 Å². The van der Waals surface area contributed by atoms with Gasteiger partial charge in [0, 0.05) is 29.7 Å². The average molecular weight is 419 g/mol. The van der Waals surface area contributed by atoms with Crippen LogP contribution in [0.1, 0.15) is 30.4 Å². The minimum Gasteiger partial charge on any atom is -0.497 e. The molecular weight excluding hydrogens is 394 g/mol. The molecule has 0 aliphatic carbocycles. The van der Waals surface area contributed by atoms with Crippen LogP contribution in [0.5, 0.6) is 11.5 Å². The summed E-state index contributed by atoms with van der Waals surface area (Å²) in [6, 6.07) is 17.6. The Bertz CT molecular complexity index is 1140. The Morgan fingerprint density at radius 2 is 1.87 bits per heavy atom. The van der Waals surface area contributed by atoms with Gasteiger partial charge in [0.25, 0.3) is 0 Å². The second-order valence-electron chi connectivity index (χ2n) is 7.37. The van der Waals surface area contributed by atoms with Crippen LogP contribution in [0.25, 0.3) is 10.8 Å². The largest absolute Gasteiger partial charge is 0.497 e. The Hall–Kier alpha value is -3.54. The smallest absolute Gasteiger partial charge is 0.326 e. The van der Waals surface area contributed by atoms with E-state index in [1.54, 1.807) is 21.1 Å². The molecule has 31 heavy (non-hydrogen) atoms. The maximum Gasteiger partial charge on any atom is 0.326 e. The van der Waals surface area contributed by atoms with E-state index in [1.165, 1.54) is 4.90 Å². The summed E-state index contributed by atoms with van der Waals surface area (Å²) in [4.78, 5) is 26.9. The van der Waals surface area contributed by atoms with Gasteiger partial charge in [0.1, 0.15) is 18.0 Å². The summed E-state index contributed by atoms with van der Waals surface area (Å²) in [5.74, 6) is 0.585. The van der Waals surface area contributed by atoms with E-state index in [9.17, 15) is 9.59 Å². The fourth-order valence-electron chi connectivity index (χ4n) is 4.29. The summed E-state index contributed by atoms with van der Waals surface area (Å²) in [7, 11) is 3.22. The number of rotatable bonds is 6. The van der Waals surface area contributed by atoms with E-state index in [4.69, 9.17) is 14.2 Å². The first-order chi connectivity index (χ1) is 15.1. The number of nitrogens with zero attached hydrogens (tertiary/aromatic N) is 1. The predicted molar refractivity (Wildman–Crippen MR) is 119 cm³/mol. The molecule has 6 nitrogen and oxygen atoms in total. The van der Waals surface area contributed by atoms with Crippen LogP contribution >= 0.6 is 0 Å². The molecule has 6 heteroatoms. The molecule has 3 aromatic rings. The predicted octanol–water partition coefficient (Wildman–Crippen LogP) is 4.29. The van der Waals surface area contributed by atoms with Gasteiger partial charge >= 0.3 is 5.97 Å². The number of anilines is 1. The van der Waals surface area contributed by atoms with Crippen molar-refractivity contribution in [2.45, 2.75) is 19.3 Å². The fraction of sp³-hybridized carbons (Fsp3) is 0.280. The topological polar surface area (TPSA) is 65.1 Å². The van der Waals surface area contributed by atoms with E-state index in [0.29, 0.717) is 11.5 Å². The molecule has 0 aromatic heterocycles. The van der Waals surface area contributed by atoms with E-state index >= 15 is 0 Å². The maximum atomic E-state index is 13.2. The lowest BCUT2D eigenvalue weighted by Crippen LogP contribution is -2.41. The average Bonchev–Trinajstić information content (AvgIpc) is 2.80. The van der Waals surface area contributed by atoms with Crippen LogP contribution < -0.4 is 14.4 Å². The molecule has 1 unspecified atom stereocenters. The summed E-state index contributed by atoms with van der Waals surface area (Å²) in [5.41, 5.74) is 2.64. The van der Waals surface area contributed by atoms with Gasteiger partial charge in [-0.15, -0.1) is 0 Å². The number of ether oxygens (including phenoxy) is 3. The van der Waals surface area contributed by atoms with E-state index in [0.717, 1.165) is 27.6 Å². The van der Waals surface area contributed by atoms with Crippen LogP contribution in [-0.2, 0) is 14.3 Å². The highest BCUT2D eigenvalue weighted by Gasteiger charge is 2.36. The van der Waals surface area contributed by atoms with Crippen molar-refractivity contribution in [3.63, 3.8) is 0 Å². The molecule has 1 amide bonds. The van der Waals surface area contributed by atoms with Crippen LogP contribution in [0, 0.1) is 0 Å². The molecule has 0 saturated heterocycles. The first-order valence-electron chi connectivity index (χ1n) is 10.3. The van der Waals surface area contributed by atoms with Crippen LogP contribution in [0.15, 0.2) is 54.6 Å². The monoisotopic (exact) mass is 419 g/mol. The molecule has 1 aliphatic heterocycles. The van der Waals surface area contributed by atoms with Crippen molar-refractivity contribution in [2.24, 2.45) is 0 Å². The third-order valence-electron chi connectivity index (χ3n) is 5.68. The Labute approximate surface area is 181 Å². The molecule has 0 saturated carbocycles. The van der Waals surface area contributed by atoms with E-state index < -0.39 is 5.97 Å². The number of carbonyl (C=O) groups is 2. The minimum atomic E-state index is -0.421. The van der Waals surface area contributed by atoms with Crippen molar-refractivity contribution in [2.75, 3.05) is 32.3 Å². The minimum absolute atomic E-state index is 0.107. The van der Waals surface area contributed by atoms with Gasteiger partial charge in [0.15, 0.2) is 0 Å². The number of esters is 1. The molecule has 1 heterocycles. The highest BCUT2D eigenvalue weighted by atomic mass is 16.5. The molecule has 3 aromatic carbocycles. The first-order valence-corrected chi connectivity index (χ1v) is 10.3. The molecule has 1 aliphatic rings. The van der Waals surface area contributed by atoms with Gasteiger partial charge in [-0.3, -0.25) is 9.59 Å². The summed E-state index contributed by atoms with van der Waals surface area (Å²) >= 11 is 0. The summed E-state index contributed by atoms with van der Waals surface area (Å²) < 4.78 is 16.1. The van der Waals surface area contributed by atoms with Crippen molar-refractivity contribution in [3.8, 4) is 11.5 Å². The van der Waals surface area contributed by atoms with Crippen LogP contribution in [0.2, 0.25) is 0 Å². The SMILES string of the molecule is CCOC(=O)CN1C(=O)CC(c2ccc(OC)cc2OC)c2c1ccc1ccccc21. The van der Waals surface area contributed by atoms with Gasteiger partial charge < -0.3 is 19.1 Å². The van der Waals surface area contributed by atoms with Crippen molar-refractivity contribution in [3.05, 3.63) is 65.7 Å². The lowest BCUT2D eigenvalue weighted by molar-refractivity contribution is -0.142. The molecule has 0 fully saturated rings. The van der Waals surface area contributed by atoms with Crippen molar-refractivity contribution < 1.29 is 23.8 Å². The van der Waals surface area contributed by atoms with Crippen LogP contribution in [0.4, 0.5) is 5.69 Å². The zero-order valence-electron chi connectivity index (χ0n) is 17.9.